The van der Waals surface area contributed by atoms with Crippen LogP contribution in [0.25, 0.3) is 0 Å². The van der Waals surface area contributed by atoms with Crippen LogP contribution in [0.2, 0.25) is 0 Å². The average molecular weight is 1320 g/mol. The predicted octanol–water partition coefficient (Wildman–Crippen LogP) is 12.4. The van der Waals surface area contributed by atoms with Crippen molar-refractivity contribution >= 4 is 35.8 Å². The van der Waals surface area contributed by atoms with Gasteiger partial charge in [-0.05, 0) is 165 Å². The second-order valence-electron chi connectivity index (χ2n) is 22.0. The van der Waals surface area contributed by atoms with Gasteiger partial charge in [0.2, 0.25) is 0 Å². The summed E-state index contributed by atoms with van der Waals surface area (Å²) in [7, 11) is 0. The van der Waals surface area contributed by atoms with Gasteiger partial charge in [-0.2, -0.15) is 0 Å². The van der Waals surface area contributed by atoms with E-state index in [1.54, 1.807) is 36.4 Å². The van der Waals surface area contributed by atoms with Crippen LogP contribution < -0.4 is 44.8 Å². The molecule has 0 heterocycles. The molecule has 15 nitrogen and oxygen atoms in total. The zero-order valence-electron chi connectivity index (χ0n) is 55.6. The Bertz CT molecular complexity index is 1860. The number of carboxylic acids is 6. The molecule has 3 aromatic rings. The van der Waals surface area contributed by atoms with E-state index in [1.807, 2.05) is 20.8 Å². The molecule has 3 aromatic carbocycles. The number of hydrogen-bond acceptors (Lipinski definition) is 15. The van der Waals surface area contributed by atoms with Crippen LogP contribution >= 0.6 is 0 Å². The molecular weight excluding hydrogens is 1200 g/mol. The minimum atomic E-state index is -1.15. The average Bonchev–Trinajstić information content (AvgIpc) is 3.69. The van der Waals surface area contributed by atoms with Gasteiger partial charge in [-0.1, -0.05) is 216 Å². The Hall–Kier alpha value is -5.43. The number of aromatic carboxylic acids is 3. The van der Waals surface area contributed by atoms with Crippen molar-refractivity contribution in [2.75, 3.05) is 19.8 Å². The Morgan fingerprint density at radius 3 is 0.625 bits per heavy atom. The predicted molar refractivity (Wildman–Crippen MR) is 338 cm³/mol. The van der Waals surface area contributed by atoms with Gasteiger partial charge in [0.1, 0.15) is 17.2 Å². The summed E-state index contributed by atoms with van der Waals surface area (Å²) < 4.78 is 16.7. The minimum absolute atomic E-state index is 0. The number of ether oxygens (including phenoxy) is 3. The van der Waals surface area contributed by atoms with Crippen LogP contribution in [0, 0.1) is 17.8 Å². The molecule has 0 N–H and O–H groups in total. The fourth-order valence-corrected chi connectivity index (χ4v) is 8.63. The first-order valence-corrected chi connectivity index (χ1v) is 33.3. The van der Waals surface area contributed by atoms with Crippen LogP contribution in [-0.2, 0) is 35.4 Å². The van der Waals surface area contributed by atoms with E-state index in [0.717, 1.165) is 94.3 Å². The van der Waals surface area contributed by atoms with Crippen LogP contribution in [0.5, 0.6) is 17.2 Å². The van der Waals surface area contributed by atoms with Gasteiger partial charge in [0.25, 0.3) is 0 Å². The molecule has 0 aliphatic heterocycles. The third-order valence-electron chi connectivity index (χ3n) is 14.5. The number of carbonyl (C=O) groups excluding carboxylic acids is 6. The van der Waals surface area contributed by atoms with Crippen molar-refractivity contribution in [3.05, 3.63) is 89.5 Å². The Balaban J connectivity index is -0.000000492. The van der Waals surface area contributed by atoms with Crippen LogP contribution in [0.15, 0.2) is 72.8 Å². The van der Waals surface area contributed by atoms with Gasteiger partial charge in [-0.3, -0.25) is 0 Å². The van der Waals surface area contributed by atoms with E-state index in [9.17, 15) is 59.4 Å². The smallest absolute Gasteiger partial charge is 0.119 e. The van der Waals surface area contributed by atoms with E-state index in [-0.39, 0.29) is 55.5 Å². The molecule has 0 spiro atoms. The van der Waals surface area contributed by atoms with Crippen LogP contribution in [0.4, 0.5) is 0 Å². The molecule has 16 heteroatoms. The molecule has 0 aliphatic rings. The molecule has 0 radical (unpaired) electrons. The third-order valence-corrected chi connectivity index (χ3v) is 14.5. The number of carboxylic acid groups (broad SMARTS) is 6. The van der Waals surface area contributed by atoms with Crippen molar-refractivity contribution in [3.63, 3.8) is 0 Å². The van der Waals surface area contributed by atoms with E-state index in [1.165, 1.54) is 152 Å². The number of benzene rings is 3. The first-order valence-electron chi connectivity index (χ1n) is 33.3. The number of aliphatic carboxylic acids is 3. The van der Waals surface area contributed by atoms with Crippen LogP contribution in [-0.4, -0.2) is 55.6 Å². The summed E-state index contributed by atoms with van der Waals surface area (Å²) in [6, 6.07) is 19.1. The summed E-state index contributed by atoms with van der Waals surface area (Å²) in [6.45, 7) is 20.6. The van der Waals surface area contributed by atoms with Gasteiger partial charge in [0, 0.05) is 39.0 Å². The van der Waals surface area contributed by atoms with Crippen molar-refractivity contribution in [1.29, 1.82) is 0 Å². The van der Waals surface area contributed by atoms with E-state index in [2.05, 4.69) is 41.5 Å². The van der Waals surface area contributed by atoms with E-state index in [0.29, 0.717) is 39.1 Å². The molecule has 0 saturated heterocycles. The molecule has 0 aliphatic carbocycles. The maximum atomic E-state index is 10.6. The van der Waals surface area contributed by atoms with Gasteiger partial charge in [0.05, 0.1) is 37.7 Å². The minimum Gasteiger partial charge on any atom is -0.550 e. The van der Waals surface area contributed by atoms with Gasteiger partial charge in [-0.15, -0.1) is 0 Å². The Labute approximate surface area is 546 Å². The standard InChI is InChI=1S/3C16H24O3.3C8H16O2.Mo/c3*1-2-3-4-5-6-7-8-13-19-15-11-9-14(10-12-15)16(17)18;3*1-3-5-6-7(4-2)8(9)10;/h3*9-12H,2-8,13H2,1H3,(H,17,18);3*7H,3-6H2,1-2H3,(H,9,10);/p-6. The third kappa shape index (κ3) is 54.7. The summed E-state index contributed by atoms with van der Waals surface area (Å²) in [4.78, 5) is 62.7. The summed E-state index contributed by atoms with van der Waals surface area (Å²) in [5.74, 6) is -4.65. The molecule has 0 amide bonds. The van der Waals surface area contributed by atoms with Gasteiger partial charge >= 0.3 is 0 Å². The van der Waals surface area contributed by atoms with Crippen LogP contribution in [0.1, 0.15) is 305 Å². The SMILES string of the molecule is CCCCC(CC)C(=O)[O-].CCCCC(CC)C(=O)[O-].CCCCC(CC)C(=O)[O-].CCCCCCCCCOc1ccc(C(=O)[O-])cc1.CCCCCCCCCOc1ccc(C(=O)[O-])cc1.CCCCCCCCCOc1ccc(C(=O)[O-])cc1.[Mo]. The normalized spacial score (nSPS) is 11.1. The molecule has 0 fully saturated rings. The largest absolute Gasteiger partial charge is 0.550 e. The number of hydrogen-bond donors (Lipinski definition) is 0. The monoisotopic (exact) mass is 1320 g/mol. The summed E-state index contributed by atoms with van der Waals surface area (Å²) in [5, 5.41) is 62.7. The van der Waals surface area contributed by atoms with Crippen molar-refractivity contribution < 1.29 is 94.7 Å². The second-order valence-corrected chi connectivity index (χ2v) is 22.0. The number of rotatable bonds is 45. The van der Waals surface area contributed by atoms with Crippen LogP contribution in [0.3, 0.4) is 0 Å². The summed E-state index contributed by atoms with van der Waals surface area (Å²) in [5.41, 5.74) is 0.551. The van der Waals surface area contributed by atoms with E-state index in [4.69, 9.17) is 14.2 Å². The number of carbonyl (C=O) groups is 6. The molecule has 0 bridgehead atoms. The fourth-order valence-electron chi connectivity index (χ4n) is 8.63. The maximum Gasteiger partial charge on any atom is 0.119 e. The fraction of sp³-hybridized carbons (Fsp3) is 0.667. The van der Waals surface area contributed by atoms with E-state index < -0.39 is 35.8 Å². The van der Waals surface area contributed by atoms with E-state index >= 15 is 0 Å². The Kier molecular flexibility index (Phi) is 65.3. The zero-order valence-corrected chi connectivity index (χ0v) is 57.7. The Morgan fingerprint density at radius 2 is 0.466 bits per heavy atom. The van der Waals surface area contributed by atoms with Gasteiger partial charge in [0.15, 0.2) is 0 Å². The molecular formula is C72H114MoO15-6. The molecule has 0 aromatic heterocycles. The quantitative estimate of drug-likeness (QED) is 0.0376. The van der Waals surface area contributed by atoms with Crippen molar-refractivity contribution in [2.24, 2.45) is 17.8 Å². The molecule has 88 heavy (non-hydrogen) atoms. The molecule has 0 saturated carbocycles. The van der Waals surface area contributed by atoms with Crippen molar-refractivity contribution in [2.45, 2.75) is 274 Å². The topological polar surface area (TPSA) is 268 Å². The summed E-state index contributed by atoms with van der Waals surface area (Å²) >= 11 is 0. The molecule has 3 unspecified atom stereocenters. The van der Waals surface area contributed by atoms with Gasteiger partial charge < -0.3 is 73.6 Å². The Morgan fingerprint density at radius 1 is 0.284 bits per heavy atom. The van der Waals surface area contributed by atoms with Gasteiger partial charge in [-0.25, -0.2) is 0 Å². The summed E-state index contributed by atoms with van der Waals surface area (Å²) in [6.07, 6.45) is 36.9. The molecule has 504 valence electrons. The maximum absolute atomic E-state index is 10.6. The van der Waals surface area contributed by atoms with Crippen molar-refractivity contribution in [1.82, 2.24) is 0 Å². The second kappa shape index (κ2) is 64.6. The molecule has 3 atom stereocenters. The first-order chi connectivity index (χ1) is 41.9. The van der Waals surface area contributed by atoms with Crippen molar-refractivity contribution in [3.8, 4) is 17.2 Å². The zero-order chi connectivity index (χ0) is 65.7. The first kappa shape index (κ1) is 89.0. The number of unbranched alkanes of at least 4 members (excludes halogenated alkanes) is 21. The molecule has 3 rings (SSSR count).